The van der Waals surface area contributed by atoms with Crippen molar-refractivity contribution in [1.82, 2.24) is 10.6 Å². The van der Waals surface area contributed by atoms with E-state index in [0.717, 1.165) is 0 Å². The lowest BCUT2D eigenvalue weighted by Gasteiger charge is -2.18. The second kappa shape index (κ2) is 10.6. The van der Waals surface area contributed by atoms with Gasteiger partial charge >= 0.3 is 12.0 Å². The van der Waals surface area contributed by atoms with E-state index in [1.54, 1.807) is 30.3 Å². The highest BCUT2D eigenvalue weighted by Gasteiger charge is 2.26. The molecule has 2 N–H and O–H groups in total. The molecule has 3 amide bonds. The fraction of sp³-hybridized carbons (Fsp3) is 0.238. The number of rotatable bonds is 8. The number of amides is 3. The van der Waals surface area contributed by atoms with Gasteiger partial charge in [0.2, 0.25) is 6.10 Å². The Labute approximate surface area is 173 Å². The smallest absolute Gasteiger partial charge is 0.345 e. The van der Waals surface area contributed by atoms with Gasteiger partial charge < -0.3 is 19.5 Å². The van der Waals surface area contributed by atoms with Crippen molar-refractivity contribution in [3.05, 3.63) is 59.7 Å². The molecule has 0 aliphatic heterocycles. The van der Waals surface area contributed by atoms with Gasteiger partial charge in [-0.25, -0.2) is 9.59 Å². The summed E-state index contributed by atoms with van der Waals surface area (Å²) >= 11 is 0. The minimum absolute atomic E-state index is 0.146. The molecule has 0 saturated heterocycles. The molecule has 0 aromatic heterocycles. The molecule has 9 nitrogen and oxygen atoms in total. The Morgan fingerprint density at radius 1 is 1.00 bits per heavy atom. The monoisotopic (exact) mass is 414 g/mol. The normalized spacial score (nSPS) is 11.0. The summed E-state index contributed by atoms with van der Waals surface area (Å²) < 4.78 is 15.8. The molecule has 1 unspecified atom stereocenters. The number of nitrogens with one attached hydrogen (secondary N) is 2. The maximum absolute atomic E-state index is 12.4. The number of urea groups is 1. The van der Waals surface area contributed by atoms with Crippen LogP contribution in [0.5, 0.6) is 11.5 Å². The van der Waals surface area contributed by atoms with Crippen LogP contribution in [0.3, 0.4) is 0 Å². The van der Waals surface area contributed by atoms with Crippen molar-refractivity contribution in [3.63, 3.8) is 0 Å². The van der Waals surface area contributed by atoms with Gasteiger partial charge in [0.1, 0.15) is 0 Å². The summed E-state index contributed by atoms with van der Waals surface area (Å²) in [6.45, 7) is 0.895. The Kier molecular flexibility index (Phi) is 7.92. The first-order chi connectivity index (χ1) is 14.3. The lowest BCUT2D eigenvalue weighted by Crippen LogP contribution is -2.41. The molecule has 30 heavy (non-hydrogen) atoms. The van der Waals surface area contributed by atoms with E-state index < -0.39 is 30.6 Å². The minimum atomic E-state index is -1.35. The van der Waals surface area contributed by atoms with Crippen molar-refractivity contribution in [2.24, 2.45) is 0 Å². The molecule has 0 heterocycles. The maximum Gasteiger partial charge on any atom is 0.345 e. The number of ether oxygens (including phenoxy) is 3. The van der Waals surface area contributed by atoms with E-state index in [9.17, 15) is 19.2 Å². The molecular formula is C21H22N2O7. The Morgan fingerprint density at radius 2 is 1.70 bits per heavy atom. The second-order valence-electron chi connectivity index (χ2n) is 6.06. The Balaban J connectivity index is 2.10. The zero-order valence-corrected chi connectivity index (χ0v) is 16.8. The van der Waals surface area contributed by atoms with Gasteiger partial charge in [0.15, 0.2) is 23.9 Å². The third kappa shape index (κ3) is 6.06. The highest BCUT2D eigenvalue weighted by atomic mass is 16.6. The van der Waals surface area contributed by atoms with Crippen LogP contribution in [0.2, 0.25) is 0 Å². The van der Waals surface area contributed by atoms with Crippen molar-refractivity contribution < 1.29 is 33.4 Å². The van der Waals surface area contributed by atoms with E-state index in [1.165, 1.54) is 39.3 Å². The Bertz CT molecular complexity index is 928. The van der Waals surface area contributed by atoms with Gasteiger partial charge in [-0.3, -0.25) is 14.9 Å². The van der Waals surface area contributed by atoms with Crippen molar-refractivity contribution in [2.75, 3.05) is 20.8 Å². The predicted molar refractivity (Wildman–Crippen MR) is 106 cm³/mol. The van der Waals surface area contributed by atoms with Gasteiger partial charge in [0.25, 0.3) is 5.91 Å². The number of hydrogen-bond donors (Lipinski definition) is 2. The number of ketones is 1. The third-order valence-electron chi connectivity index (χ3n) is 3.97. The van der Waals surface area contributed by atoms with Gasteiger partial charge in [-0.2, -0.15) is 0 Å². The lowest BCUT2D eigenvalue weighted by atomic mass is 10.1. The average molecular weight is 414 g/mol. The van der Waals surface area contributed by atoms with Crippen LogP contribution in [-0.4, -0.2) is 44.5 Å². The molecule has 0 aliphatic carbocycles. The molecule has 2 aromatic carbocycles. The van der Waals surface area contributed by atoms with Crippen molar-refractivity contribution >= 4 is 23.7 Å². The first kappa shape index (κ1) is 22.4. The van der Waals surface area contributed by atoms with Crippen LogP contribution < -0.4 is 20.1 Å². The summed E-state index contributed by atoms with van der Waals surface area (Å²) in [5, 5.41) is 4.34. The van der Waals surface area contributed by atoms with Gasteiger partial charge in [0.05, 0.1) is 7.11 Å². The quantitative estimate of drug-likeness (QED) is 0.501. The van der Waals surface area contributed by atoms with Gasteiger partial charge in [-0.05, 0) is 25.1 Å². The molecule has 0 bridgehead atoms. The fourth-order valence-electron chi connectivity index (χ4n) is 2.45. The summed E-state index contributed by atoms with van der Waals surface area (Å²) in [5.41, 5.74) is 0.812. The molecule has 158 valence electrons. The standard InChI is InChI=1S/C21H22N2O7/c1-13(24)15-9-10-16(17(11-15)28-3)29-12-18(25)30-19(14-7-5-4-6-8-14)20(26)23-21(27)22-2/h4-11,19H,12H2,1-3H3,(H2,22,23,26,27). The van der Waals surface area contributed by atoms with Crippen LogP contribution in [0, 0.1) is 0 Å². The number of carbonyl (C=O) groups is 4. The molecule has 0 spiro atoms. The zero-order valence-electron chi connectivity index (χ0n) is 16.8. The van der Waals surface area contributed by atoms with Crippen LogP contribution in [0.15, 0.2) is 48.5 Å². The van der Waals surface area contributed by atoms with Gasteiger partial charge in [0, 0.05) is 18.2 Å². The molecule has 2 aromatic rings. The SMILES string of the molecule is CNC(=O)NC(=O)C(OC(=O)COc1ccc(C(C)=O)cc1OC)c1ccccc1. The first-order valence-corrected chi connectivity index (χ1v) is 8.94. The first-order valence-electron chi connectivity index (χ1n) is 8.94. The number of carbonyl (C=O) groups excluding carboxylic acids is 4. The predicted octanol–water partition coefficient (Wildman–Crippen LogP) is 2.02. The maximum atomic E-state index is 12.4. The number of benzene rings is 2. The van der Waals surface area contributed by atoms with Crippen molar-refractivity contribution in [1.29, 1.82) is 0 Å². The number of esters is 1. The number of hydrogen-bond acceptors (Lipinski definition) is 7. The van der Waals surface area contributed by atoms with Crippen molar-refractivity contribution in [3.8, 4) is 11.5 Å². The number of imide groups is 1. The zero-order chi connectivity index (χ0) is 22.1. The lowest BCUT2D eigenvalue weighted by molar-refractivity contribution is -0.158. The molecule has 1 atom stereocenters. The van der Waals surface area contributed by atoms with Crippen LogP contribution in [-0.2, 0) is 14.3 Å². The largest absolute Gasteiger partial charge is 0.493 e. The molecule has 0 fully saturated rings. The molecular weight excluding hydrogens is 392 g/mol. The highest BCUT2D eigenvalue weighted by molar-refractivity contribution is 5.97. The fourth-order valence-corrected chi connectivity index (χ4v) is 2.45. The van der Waals surface area contributed by atoms with E-state index in [0.29, 0.717) is 11.1 Å². The van der Waals surface area contributed by atoms with Crippen LogP contribution >= 0.6 is 0 Å². The van der Waals surface area contributed by atoms with E-state index in [-0.39, 0.29) is 17.3 Å². The van der Waals surface area contributed by atoms with E-state index in [2.05, 4.69) is 10.6 Å². The third-order valence-corrected chi connectivity index (χ3v) is 3.97. The summed E-state index contributed by atoms with van der Waals surface area (Å²) in [6, 6.07) is 12.0. The summed E-state index contributed by atoms with van der Waals surface area (Å²) in [4.78, 5) is 47.6. The molecule has 0 saturated carbocycles. The molecule has 2 rings (SSSR count). The number of methoxy groups -OCH3 is 1. The molecule has 0 aliphatic rings. The van der Waals surface area contributed by atoms with Crippen LogP contribution in [0.4, 0.5) is 4.79 Å². The number of Topliss-reactive ketones (excluding diaryl/α,β-unsaturated/α-hetero) is 1. The van der Waals surface area contributed by atoms with Crippen molar-refractivity contribution in [2.45, 2.75) is 13.0 Å². The topological polar surface area (TPSA) is 120 Å². The summed E-state index contributed by atoms with van der Waals surface area (Å²) in [6.07, 6.45) is -1.35. The Hall–Kier alpha value is -3.88. The van der Waals surface area contributed by atoms with Crippen LogP contribution in [0.1, 0.15) is 28.9 Å². The second-order valence-corrected chi connectivity index (χ2v) is 6.06. The van der Waals surface area contributed by atoms with Gasteiger partial charge in [-0.1, -0.05) is 30.3 Å². The van der Waals surface area contributed by atoms with Crippen LogP contribution in [0.25, 0.3) is 0 Å². The van der Waals surface area contributed by atoms with E-state index in [4.69, 9.17) is 14.2 Å². The van der Waals surface area contributed by atoms with E-state index in [1.807, 2.05) is 0 Å². The summed E-state index contributed by atoms with van der Waals surface area (Å²) in [7, 11) is 2.75. The Morgan fingerprint density at radius 3 is 2.30 bits per heavy atom. The molecule has 0 radical (unpaired) electrons. The van der Waals surface area contributed by atoms with Gasteiger partial charge in [-0.15, -0.1) is 0 Å². The van der Waals surface area contributed by atoms with E-state index >= 15 is 0 Å². The minimum Gasteiger partial charge on any atom is -0.493 e. The summed E-state index contributed by atoms with van der Waals surface area (Å²) in [5.74, 6) is -1.30. The molecule has 9 heteroatoms. The highest BCUT2D eigenvalue weighted by Crippen LogP contribution is 2.28. The average Bonchev–Trinajstić information content (AvgIpc) is 2.76.